The predicted octanol–water partition coefficient (Wildman–Crippen LogP) is 1.52. The minimum absolute atomic E-state index is 0.517. The van der Waals surface area contributed by atoms with Crippen molar-refractivity contribution < 1.29 is 19.8 Å². The maximum atomic E-state index is 10.7. The Kier molecular flexibility index (Phi) is 3.68. The van der Waals surface area contributed by atoms with Gasteiger partial charge >= 0.3 is 11.9 Å². The molecule has 78 valence electrons. The number of carboxylic acids is 2. The normalized spacial score (nSPS) is 27.7. The summed E-state index contributed by atoms with van der Waals surface area (Å²) in [4.78, 5) is 21.4. The number of hydrogen-bond donors (Lipinski definition) is 2. The number of rotatable bonds is 2. The lowest BCUT2D eigenvalue weighted by Gasteiger charge is -2.14. The third-order valence-corrected chi connectivity index (χ3v) is 2.49. The monoisotopic (exact) mass is 198 g/mol. The molecular weight excluding hydrogens is 184 g/mol. The molecule has 0 amide bonds. The summed E-state index contributed by atoms with van der Waals surface area (Å²) in [5.74, 6) is -2.77. The molecule has 0 aromatic carbocycles. The molecule has 0 saturated carbocycles. The summed E-state index contributed by atoms with van der Waals surface area (Å²) < 4.78 is 0. The third kappa shape index (κ3) is 2.87. The first-order chi connectivity index (χ1) is 6.61. The van der Waals surface area contributed by atoms with Crippen LogP contribution in [0.2, 0.25) is 0 Å². The van der Waals surface area contributed by atoms with Crippen molar-refractivity contribution in [3.05, 3.63) is 12.2 Å². The molecule has 2 unspecified atom stereocenters. The first kappa shape index (κ1) is 10.8. The van der Waals surface area contributed by atoms with E-state index >= 15 is 0 Å². The van der Waals surface area contributed by atoms with Crippen LogP contribution in [-0.4, -0.2) is 22.2 Å². The van der Waals surface area contributed by atoms with Crippen molar-refractivity contribution in [1.29, 1.82) is 0 Å². The van der Waals surface area contributed by atoms with Gasteiger partial charge in [-0.15, -0.1) is 0 Å². The summed E-state index contributed by atoms with van der Waals surface area (Å²) in [6.45, 7) is 0. The van der Waals surface area contributed by atoms with E-state index in [-0.39, 0.29) is 0 Å². The van der Waals surface area contributed by atoms with Crippen LogP contribution in [0.5, 0.6) is 0 Å². The van der Waals surface area contributed by atoms with Gasteiger partial charge in [-0.25, -0.2) is 0 Å². The van der Waals surface area contributed by atoms with Gasteiger partial charge in [0.2, 0.25) is 0 Å². The van der Waals surface area contributed by atoms with Gasteiger partial charge in [0, 0.05) is 0 Å². The number of carbonyl (C=O) groups is 2. The van der Waals surface area contributed by atoms with Gasteiger partial charge in [-0.3, -0.25) is 9.59 Å². The minimum atomic E-state index is -0.868. The minimum Gasteiger partial charge on any atom is -0.481 e. The van der Waals surface area contributed by atoms with Gasteiger partial charge in [0.05, 0.1) is 11.8 Å². The lowest BCUT2D eigenvalue weighted by Crippen LogP contribution is -2.17. The standard InChI is InChI=1S/C10H14O4/c11-9(12)7-3-1-2-4-8(6-5-7)10(13)14/h5-8H,1-4H2,(H,11,12)(H,13,14). The van der Waals surface area contributed by atoms with Gasteiger partial charge in [0.1, 0.15) is 0 Å². The van der Waals surface area contributed by atoms with Gasteiger partial charge in [-0.2, -0.15) is 0 Å². The largest absolute Gasteiger partial charge is 0.481 e. The molecule has 4 heteroatoms. The second kappa shape index (κ2) is 4.79. The lowest BCUT2D eigenvalue weighted by atomic mass is 9.91. The second-order valence-corrected chi connectivity index (χ2v) is 3.56. The van der Waals surface area contributed by atoms with Crippen LogP contribution in [0.4, 0.5) is 0 Å². The maximum Gasteiger partial charge on any atom is 0.310 e. The average molecular weight is 198 g/mol. The second-order valence-electron chi connectivity index (χ2n) is 3.56. The molecule has 0 aromatic heterocycles. The summed E-state index contributed by atoms with van der Waals surface area (Å²) >= 11 is 0. The molecule has 0 bridgehead atoms. The Hall–Kier alpha value is -1.32. The van der Waals surface area contributed by atoms with Crippen molar-refractivity contribution in [3.8, 4) is 0 Å². The Labute approximate surface area is 82.2 Å². The lowest BCUT2D eigenvalue weighted by molar-refractivity contribution is -0.142. The zero-order chi connectivity index (χ0) is 10.6. The molecule has 1 aliphatic carbocycles. The van der Waals surface area contributed by atoms with Crippen molar-refractivity contribution >= 4 is 11.9 Å². The van der Waals surface area contributed by atoms with Crippen LogP contribution in [-0.2, 0) is 9.59 Å². The highest BCUT2D eigenvalue weighted by Crippen LogP contribution is 2.20. The van der Waals surface area contributed by atoms with Crippen LogP contribution in [0.25, 0.3) is 0 Å². The van der Waals surface area contributed by atoms with Crippen molar-refractivity contribution in [1.82, 2.24) is 0 Å². The topological polar surface area (TPSA) is 74.6 Å². The fourth-order valence-electron chi connectivity index (χ4n) is 1.60. The smallest absolute Gasteiger partial charge is 0.310 e. The third-order valence-electron chi connectivity index (χ3n) is 2.49. The van der Waals surface area contributed by atoms with Crippen molar-refractivity contribution in [2.45, 2.75) is 25.7 Å². The molecule has 0 fully saturated rings. The maximum absolute atomic E-state index is 10.7. The van der Waals surface area contributed by atoms with Gasteiger partial charge in [-0.1, -0.05) is 25.0 Å². The number of hydrogen-bond acceptors (Lipinski definition) is 2. The Bertz CT molecular complexity index is 231. The Morgan fingerprint density at radius 3 is 1.57 bits per heavy atom. The summed E-state index contributed by atoms with van der Waals surface area (Å²) in [7, 11) is 0. The van der Waals surface area contributed by atoms with Crippen molar-refractivity contribution in [2.75, 3.05) is 0 Å². The first-order valence-electron chi connectivity index (χ1n) is 4.75. The highest BCUT2D eigenvalue weighted by atomic mass is 16.4. The van der Waals surface area contributed by atoms with Gasteiger partial charge in [-0.05, 0) is 12.8 Å². The molecule has 0 radical (unpaired) electrons. The fraction of sp³-hybridized carbons (Fsp3) is 0.600. The summed E-state index contributed by atoms with van der Waals surface area (Å²) in [6, 6.07) is 0. The highest BCUT2D eigenvalue weighted by molar-refractivity contribution is 5.74. The van der Waals surface area contributed by atoms with Gasteiger partial charge in [0.15, 0.2) is 0 Å². The summed E-state index contributed by atoms with van der Waals surface area (Å²) in [5.41, 5.74) is 0. The fourth-order valence-corrected chi connectivity index (χ4v) is 1.60. The van der Waals surface area contributed by atoms with Crippen LogP contribution in [0.15, 0.2) is 12.2 Å². The molecule has 1 aliphatic rings. The van der Waals surface area contributed by atoms with Crippen LogP contribution < -0.4 is 0 Å². The van der Waals surface area contributed by atoms with Gasteiger partial charge < -0.3 is 10.2 Å². The molecule has 2 N–H and O–H groups in total. The molecule has 1 rings (SSSR count). The molecule has 14 heavy (non-hydrogen) atoms. The molecule has 0 spiro atoms. The SMILES string of the molecule is O=C(O)C1C=CC(C(=O)O)CCCC1. The molecule has 0 aromatic rings. The van der Waals surface area contributed by atoms with Crippen molar-refractivity contribution in [2.24, 2.45) is 11.8 Å². The Morgan fingerprint density at radius 1 is 0.929 bits per heavy atom. The average Bonchev–Trinajstić information content (AvgIpc) is 2.01. The zero-order valence-corrected chi connectivity index (χ0v) is 7.85. The molecular formula is C10H14O4. The molecule has 2 atom stereocenters. The van der Waals surface area contributed by atoms with E-state index in [2.05, 4.69) is 0 Å². The van der Waals surface area contributed by atoms with E-state index < -0.39 is 23.8 Å². The van der Waals surface area contributed by atoms with E-state index in [0.717, 1.165) is 12.8 Å². The van der Waals surface area contributed by atoms with Crippen molar-refractivity contribution in [3.63, 3.8) is 0 Å². The summed E-state index contributed by atoms with van der Waals surface area (Å²) in [6.07, 6.45) is 5.81. The van der Waals surface area contributed by atoms with Gasteiger partial charge in [0.25, 0.3) is 0 Å². The summed E-state index contributed by atoms with van der Waals surface area (Å²) in [5, 5.41) is 17.6. The van der Waals surface area contributed by atoms with E-state index in [9.17, 15) is 9.59 Å². The Balaban J connectivity index is 2.69. The highest BCUT2D eigenvalue weighted by Gasteiger charge is 2.20. The molecule has 0 aliphatic heterocycles. The number of aliphatic carboxylic acids is 2. The predicted molar refractivity (Wildman–Crippen MR) is 49.9 cm³/mol. The van der Waals surface area contributed by atoms with E-state index in [4.69, 9.17) is 10.2 Å². The molecule has 0 heterocycles. The van der Waals surface area contributed by atoms with E-state index in [1.165, 1.54) is 12.2 Å². The zero-order valence-electron chi connectivity index (χ0n) is 7.85. The van der Waals surface area contributed by atoms with Crippen LogP contribution in [0.3, 0.4) is 0 Å². The van der Waals surface area contributed by atoms with E-state index in [1.807, 2.05) is 0 Å². The van der Waals surface area contributed by atoms with E-state index in [0.29, 0.717) is 12.8 Å². The molecule has 4 nitrogen and oxygen atoms in total. The molecule has 0 saturated heterocycles. The first-order valence-corrected chi connectivity index (χ1v) is 4.75. The van der Waals surface area contributed by atoms with E-state index in [1.54, 1.807) is 0 Å². The van der Waals surface area contributed by atoms with Crippen LogP contribution in [0, 0.1) is 11.8 Å². The van der Waals surface area contributed by atoms with Crippen LogP contribution >= 0.6 is 0 Å². The van der Waals surface area contributed by atoms with Crippen LogP contribution in [0.1, 0.15) is 25.7 Å². The number of carboxylic acid groups (broad SMARTS) is 2. The Morgan fingerprint density at radius 2 is 1.29 bits per heavy atom. The quantitative estimate of drug-likeness (QED) is 0.659.